The Kier molecular flexibility index (Phi) is 4.78. The molecule has 0 saturated carbocycles. The first-order chi connectivity index (χ1) is 11.5. The molecule has 1 heterocycles. The Morgan fingerprint density at radius 3 is 2.62 bits per heavy atom. The van der Waals surface area contributed by atoms with Crippen molar-refractivity contribution in [3.05, 3.63) is 58.1 Å². The van der Waals surface area contributed by atoms with E-state index in [1.165, 1.54) is 4.68 Å². The molecule has 0 aliphatic carbocycles. The highest BCUT2D eigenvalue weighted by Crippen LogP contribution is 2.23. The van der Waals surface area contributed by atoms with Gasteiger partial charge < -0.3 is 5.32 Å². The van der Waals surface area contributed by atoms with Crippen molar-refractivity contribution in [2.75, 3.05) is 5.32 Å². The molecule has 0 atom stereocenters. The average Bonchev–Trinajstić information content (AvgIpc) is 2.99. The number of carbonyl (C=O) groups is 1. The summed E-state index contributed by atoms with van der Waals surface area (Å²) in [5, 5.41) is 15.3. The van der Waals surface area contributed by atoms with Gasteiger partial charge in [-0.05, 0) is 59.3 Å². The highest BCUT2D eigenvalue weighted by atomic mass is 35.5. The number of carbonyl (C=O) groups excluding carboxylic acids is 1. The molecule has 0 unspecified atom stereocenters. The zero-order valence-corrected chi connectivity index (χ0v) is 14.2. The smallest absolute Gasteiger partial charge is 0.246 e. The SMILES string of the molecule is Cc1ccc(NC(=O)Cn2nnnc2-c2ccc(Cl)cc2)c(Cl)c1. The highest BCUT2D eigenvalue weighted by Gasteiger charge is 2.13. The molecule has 0 radical (unpaired) electrons. The number of nitrogens with one attached hydrogen (secondary N) is 1. The molecule has 2 aromatic carbocycles. The molecule has 0 fully saturated rings. The third-order valence-corrected chi connectivity index (χ3v) is 3.89. The predicted molar refractivity (Wildman–Crippen MR) is 93.1 cm³/mol. The Bertz CT molecular complexity index is 876. The number of anilines is 1. The van der Waals surface area contributed by atoms with Crippen LogP contribution in [0, 0.1) is 6.92 Å². The maximum atomic E-state index is 12.2. The van der Waals surface area contributed by atoms with E-state index in [1.807, 2.05) is 13.0 Å². The van der Waals surface area contributed by atoms with E-state index < -0.39 is 0 Å². The molecule has 1 amide bonds. The summed E-state index contributed by atoms with van der Waals surface area (Å²) in [6.45, 7) is 1.89. The summed E-state index contributed by atoms with van der Waals surface area (Å²) in [6, 6.07) is 12.5. The van der Waals surface area contributed by atoms with Gasteiger partial charge in [0.15, 0.2) is 5.82 Å². The molecule has 0 saturated heterocycles. The molecule has 1 aromatic heterocycles. The summed E-state index contributed by atoms with van der Waals surface area (Å²) >= 11 is 12.0. The lowest BCUT2D eigenvalue weighted by Gasteiger charge is -2.09. The van der Waals surface area contributed by atoms with Gasteiger partial charge >= 0.3 is 0 Å². The second-order valence-electron chi connectivity index (χ2n) is 5.20. The number of nitrogens with zero attached hydrogens (tertiary/aromatic N) is 4. The summed E-state index contributed by atoms with van der Waals surface area (Å²) < 4.78 is 1.42. The Morgan fingerprint density at radius 2 is 1.92 bits per heavy atom. The van der Waals surface area contributed by atoms with Crippen molar-refractivity contribution < 1.29 is 4.79 Å². The molecule has 0 aliphatic rings. The van der Waals surface area contributed by atoms with Crippen LogP contribution in [0.25, 0.3) is 11.4 Å². The summed E-state index contributed by atoms with van der Waals surface area (Å²) in [7, 11) is 0. The van der Waals surface area contributed by atoms with Crippen LogP contribution in [0.1, 0.15) is 5.56 Å². The number of hydrogen-bond donors (Lipinski definition) is 1. The molecule has 1 N–H and O–H groups in total. The van der Waals surface area contributed by atoms with E-state index >= 15 is 0 Å². The van der Waals surface area contributed by atoms with E-state index in [1.54, 1.807) is 36.4 Å². The van der Waals surface area contributed by atoms with E-state index in [0.29, 0.717) is 21.6 Å². The van der Waals surface area contributed by atoms with Crippen LogP contribution in [0.5, 0.6) is 0 Å². The van der Waals surface area contributed by atoms with Gasteiger partial charge in [-0.25, -0.2) is 4.68 Å². The zero-order valence-electron chi connectivity index (χ0n) is 12.7. The van der Waals surface area contributed by atoms with Crippen LogP contribution in [0.3, 0.4) is 0 Å². The fourth-order valence-electron chi connectivity index (χ4n) is 2.16. The number of amides is 1. The third-order valence-electron chi connectivity index (χ3n) is 3.33. The summed E-state index contributed by atoms with van der Waals surface area (Å²) in [4.78, 5) is 12.2. The maximum absolute atomic E-state index is 12.2. The number of benzene rings is 2. The normalized spacial score (nSPS) is 10.6. The van der Waals surface area contributed by atoms with Crippen molar-refractivity contribution in [3.63, 3.8) is 0 Å². The van der Waals surface area contributed by atoms with Gasteiger partial charge in [-0.1, -0.05) is 29.3 Å². The number of aryl methyl sites for hydroxylation is 1. The first-order valence-corrected chi connectivity index (χ1v) is 7.86. The van der Waals surface area contributed by atoms with Crippen LogP contribution in [-0.2, 0) is 11.3 Å². The first kappa shape index (κ1) is 16.4. The quantitative estimate of drug-likeness (QED) is 0.770. The van der Waals surface area contributed by atoms with Crippen LogP contribution in [-0.4, -0.2) is 26.1 Å². The van der Waals surface area contributed by atoms with Crippen LogP contribution >= 0.6 is 23.2 Å². The number of aromatic nitrogens is 4. The monoisotopic (exact) mass is 361 g/mol. The topological polar surface area (TPSA) is 72.7 Å². The number of rotatable bonds is 4. The number of tetrazole rings is 1. The van der Waals surface area contributed by atoms with Gasteiger partial charge in [-0.2, -0.15) is 0 Å². The van der Waals surface area contributed by atoms with Crippen molar-refractivity contribution in [1.82, 2.24) is 20.2 Å². The standard InChI is InChI=1S/C16H13Cl2N5O/c1-10-2-7-14(13(18)8-10)19-15(24)9-23-16(20-21-22-23)11-3-5-12(17)6-4-11/h2-8H,9H2,1H3,(H,19,24). The van der Waals surface area contributed by atoms with E-state index in [0.717, 1.165) is 11.1 Å². The molecule has 122 valence electrons. The Hall–Kier alpha value is -2.44. The van der Waals surface area contributed by atoms with Gasteiger partial charge in [-0.3, -0.25) is 4.79 Å². The van der Waals surface area contributed by atoms with E-state index in [4.69, 9.17) is 23.2 Å². The van der Waals surface area contributed by atoms with Gasteiger partial charge in [0.1, 0.15) is 6.54 Å². The molecule has 6 nitrogen and oxygen atoms in total. The Labute approximate surface area is 148 Å². The van der Waals surface area contributed by atoms with Crippen LogP contribution in [0.4, 0.5) is 5.69 Å². The highest BCUT2D eigenvalue weighted by molar-refractivity contribution is 6.33. The van der Waals surface area contributed by atoms with Gasteiger partial charge in [0.25, 0.3) is 0 Å². The van der Waals surface area contributed by atoms with E-state index in [2.05, 4.69) is 20.8 Å². The van der Waals surface area contributed by atoms with Crippen molar-refractivity contribution >= 4 is 34.8 Å². The van der Waals surface area contributed by atoms with Crippen molar-refractivity contribution in [2.45, 2.75) is 13.5 Å². The molecule has 24 heavy (non-hydrogen) atoms. The molecular formula is C16H13Cl2N5O. The van der Waals surface area contributed by atoms with Crippen LogP contribution < -0.4 is 5.32 Å². The average molecular weight is 362 g/mol. The summed E-state index contributed by atoms with van der Waals surface area (Å²) in [5.41, 5.74) is 2.34. The molecular weight excluding hydrogens is 349 g/mol. The zero-order chi connectivity index (χ0) is 17.1. The Balaban J connectivity index is 1.76. The molecule has 3 rings (SSSR count). The van der Waals surface area contributed by atoms with Gasteiger partial charge in [0.2, 0.25) is 5.91 Å². The second kappa shape index (κ2) is 6.98. The lowest BCUT2D eigenvalue weighted by Crippen LogP contribution is -2.20. The van der Waals surface area contributed by atoms with Gasteiger partial charge in [0, 0.05) is 10.6 Å². The lowest BCUT2D eigenvalue weighted by atomic mass is 10.2. The summed E-state index contributed by atoms with van der Waals surface area (Å²) in [5.74, 6) is 0.208. The molecule has 0 aliphatic heterocycles. The van der Waals surface area contributed by atoms with E-state index in [-0.39, 0.29) is 12.5 Å². The fourth-order valence-corrected chi connectivity index (χ4v) is 2.57. The number of halogens is 2. The van der Waals surface area contributed by atoms with Gasteiger partial charge in [-0.15, -0.1) is 5.10 Å². The minimum absolute atomic E-state index is 0.0326. The van der Waals surface area contributed by atoms with Crippen LogP contribution in [0.15, 0.2) is 42.5 Å². The van der Waals surface area contributed by atoms with Crippen LogP contribution in [0.2, 0.25) is 10.0 Å². The largest absolute Gasteiger partial charge is 0.323 e. The minimum Gasteiger partial charge on any atom is -0.323 e. The minimum atomic E-state index is -0.275. The third kappa shape index (κ3) is 3.72. The molecule has 8 heteroatoms. The molecule has 3 aromatic rings. The van der Waals surface area contributed by atoms with Crippen molar-refractivity contribution in [1.29, 1.82) is 0 Å². The first-order valence-electron chi connectivity index (χ1n) is 7.11. The molecule has 0 spiro atoms. The number of hydrogen-bond acceptors (Lipinski definition) is 4. The van der Waals surface area contributed by atoms with Gasteiger partial charge in [0.05, 0.1) is 10.7 Å². The maximum Gasteiger partial charge on any atom is 0.246 e. The Morgan fingerprint density at radius 1 is 1.17 bits per heavy atom. The van der Waals surface area contributed by atoms with Crippen molar-refractivity contribution in [2.24, 2.45) is 0 Å². The van der Waals surface area contributed by atoms with E-state index in [9.17, 15) is 4.79 Å². The lowest BCUT2D eigenvalue weighted by molar-refractivity contribution is -0.116. The fraction of sp³-hybridized carbons (Fsp3) is 0.125. The predicted octanol–water partition coefficient (Wildman–Crippen LogP) is 3.59. The van der Waals surface area contributed by atoms with Crippen molar-refractivity contribution in [3.8, 4) is 11.4 Å². The summed E-state index contributed by atoms with van der Waals surface area (Å²) in [6.07, 6.45) is 0. The molecule has 0 bridgehead atoms. The second-order valence-corrected chi connectivity index (χ2v) is 6.04.